The Bertz CT molecular complexity index is 1080. The van der Waals surface area contributed by atoms with Crippen molar-refractivity contribution in [3.05, 3.63) is 55.1 Å². The Labute approximate surface area is 136 Å². The van der Waals surface area contributed by atoms with Gasteiger partial charge in [-0.25, -0.2) is 0 Å². The summed E-state index contributed by atoms with van der Waals surface area (Å²) in [7, 11) is 0. The lowest BCUT2D eigenvalue weighted by atomic mass is 9.97. The summed E-state index contributed by atoms with van der Waals surface area (Å²) >= 11 is 0. The fourth-order valence-electron chi connectivity index (χ4n) is 3.25. The standard InChI is InChI=1S/C18H16N2O4/c1-7-11-5-12-8(2)16(10(4)22)18(24)20-14(12)6-13(11)19-17(23)15(7)9(3)21/h5-6H,1-4H3,(H,19,23)(H,20,24). The number of aromatic amines is 2. The maximum absolute atomic E-state index is 12.1. The van der Waals surface area contributed by atoms with E-state index in [1.807, 2.05) is 0 Å². The molecule has 0 aliphatic carbocycles. The molecule has 1 aromatic carbocycles. The summed E-state index contributed by atoms with van der Waals surface area (Å²) in [5, 5.41) is 1.41. The number of pyridine rings is 2. The molecule has 24 heavy (non-hydrogen) atoms. The van der Waals surface area contributed by atoms with E-state index in [1.165, 1.54) is 13.8 Å². The van der Waals surface area contributed by atoms with E-state index in [0.717, 1.165) is 0 Å². The largest absolute Gasteiger partial charge is 0.321 e. The molecule has 0 atom stereocenters. The third kappa shape index (κ3) is 2.19. The van der Waals surface area contributed by atoms with Crippen molar-refractivity contribution in [2.24, 2.45) is 0 Å². The second kappa shape index (κ2) is 5.26. The van der Waals surface area contributed by atoms with Gasteiger partial charge in [-0.05, 0) is 51.0 Å². The van der Waals surface area contributed by atoms with Crippen LogP contribution in [0.1, 0.15) is 45.7 Å². The van der Waals surface area contributed by atoms with Gasteiger partial charge in [0.1, 0.15) is 0 Å². The number of aryl methyl sites for hydroxylation is 2. The van der Waals surface area contributed by atoms with Gasteiger partial charge >= 0.3 is 0 Å². The Balaban J connectivity index is 2.55. The maximum Gasteiger partial charge on any atom is 0.259 e. The number of Topliss-reactive ketones (excluding diaryl/α,β-unsaturated/α-hetero) is 2. The zero-order chi connectivity index (χ0) is 17.8. The lowest BCUT2D eigenvalue weighted by Gasteiger charge is -2.11. The number of carbonyl (C=O) groups is 2. The minimum Gasteiger partial charge on any atom is -0.321 e. The predicted molar refractivity (Wildman–Crippen MR) is 92.2 cm³/mol. The van der Waals surface area contributed by atoms with Crippen LogP contribution in [0.5, 0.6) is 0 Å². The molecule has 6 heteroatoms. The van der Waals surface area contributed by atoms with Crippen LogP contribution in [0.4, 0.5) is 0 Å². The number of aromatic nitrogens is 2. The molecule has 0 radical (unpaired) electrons. The van der Waals surface area contributed by atoms with Crippen LogP contribution in [-0.2, 0) is 0 Å². The first-order valence-corrected chi connectivity index (χ1v) is 7.47. The van der Waals surface area contributed by atoms with Gasteiger partial charge in [0.2, 0.25) is 0 Å². The predicted octanol–water partition coefficient (Wildman–Crippen LogP) is 2.39. The fraction of sp³-hybridized carbons (Fsp3) is 0.222. The zero-order valence-corrected chi connectivity index (χ0v) is 13.8. The average Bonchev–Trinajstić information content (AvgIpc) is 2.44. The molecule has 0 bridgehead atoms. The first kappa shape index (κ1) is 15.9. The molecule has 0 saturated heterocycles. The van der Waals surface area contributed by atoms with Crippen LogP contribution in [0.3, 0.4) is 0 Å². The topological polar surface area (TPSA) is 99.9 Å². The van der Waals surface area contributed by atoms with E-state index in [9.17, 15) is 19.2 Å². The van der Waals surface area contributed by atoms with Gasteiger partial charge in [0.15, 0.2) is 11.6 Å². The highest BCUT2D eigenvalue weighted by molar-refractivity contribution is 6.05. The number of carbonyl (C=O) groups excluding carboxylic acids is 2. The fourth-order valence-corrected chi connectivity index (χ4v) is 3.25. The van der Waals surface area contributed by atoms with E-state index in [-0.39, 0.29) is 22.7 Å². The Morgan fingerprint density at radius 2 is 1.12 bits per heavy atom. The smallest absolute Gasteiger partial charge is 0.259 e. The van der Waals surface area contributed by atoms with E-state index < -0.39 is 11.1 Å². The second-order valence-electron chi connectivity index (χ2n) is 5.96. The quantitative estimate of drug-likeness (QED) is 0.558. The van der Waals surface area contributed by atoms with E-state index in [0.29, 0.717) is 32.9 Å². The maximum atomic E-state index is 12.1. The molecule has 0 aliphatic rings. The van der Waals surface area contributed by atoms with Gasteiger partial charge < -0.3 is 9.97 Å². The molecule has 2 aromatic heterocycles. The first-order valence-electron chi connectivity index (χ1n) is 7.47. The van der Waals surface area contributed by atoms with E-state index in [2.05, 4.69) is 9.97 Å². The number of benzene rings is 1. The molecule has 2 N–H and O–H groups in total. The summed E-state index contributed by atoms with van der Waals surface area (Å²) in [4.78, 5) is 53.1. The van der Waals surface area contributed by atoms with E-state index in [4.69, 9.17) is 0 Å². The Morgan fingerprint density at radius 3 is 1.46 bits per heavy atom. The van der Waals surface area contributed by atoms with Crippen molar-refractivity contribution >= 4 is 33.4 Å². The van der Waals surface area contributed by atoms with Gasteiger partial charge in [-0.15, -0.1) is 0 Å². The molecule has 0 amide bonds. The Kier molecular flexibility index (Phi) is 3.48. The monoisotopic (exact) mass is 324 g/mol. The van der Waals surface area contributed by atoms with Gasteiger partial charge in [0.05, 0.1) is 22.2 Å². The molecule has 0 saturated carbocycles. The average molecular weight is 324 g/mol. The summed E-state index contributed by atoms with van der Waals surface area (Å²) < 4.78 is 0. The SMILES string of the molecule is CC(=O)c1c(C)c2cc3c(C)c(C(C)=O)c(=O)[nH]c3cc2[nH]c1=O. The molecule has 6 nitrogen and oxygen atoms in total. The van der Waals surface area contributed by atoms with Crippen LogP contribution in [0.2, 0.25) is 0 Å². The van der Waals surface area contributed by atoms with Crippen LogP contribution < -0.4 is 11.1 Å². The molecule has 0 spiro atoms. The van der Waals surface area contributed by atoms with E-state index >= 15 is 0 Å². The minimum atomic E-state index is -0.453. The van der Waals surface area contributed by atoms with Crippen molar-refractivity contribution in [1.82, 2.24) is 9.97 Å². The van der Waals surface area contributed by atoms with Crippen LogP contribution >= 0.6 is 0 Å². The summed E-state index contributed by atoms with van der Waals surface area (Å²) in [5.41, 5.74) is 1.56. The van der Waals surface area contributed by atoms with Crippen LogP contribution in [-0.4, -0.2) is 21.5 Å². The summed E-state index contributed by atoms with van der Waals surface area (Å²) in [6, 6.07) is 3.45. The number of hydrogen-bond acceptors (Lipinski definition) is 4. The molecule has 0 unspecified atom stereocenters. The molecular formula is C18H16N2O4. The van der Waals surface area contributed by atoms with Gasteiger partial charge in [-0.2, -0.15) is 0 Å². The van der Waals surface area contributed by atoms with Crippen LogP contribution in [0.15, 0.2) is 21.7 Å². The summed E-state index contributed by atoms with van der Waals surface area (Å²) in [6.07, 6.45) is 0. The number of hydrogen-bond donors (Lipinski definition) is 2. The van der Waals surface area contributed by atoms with Crippen molar-refractivity contribution in [1.29, 1.82) is 0 Å². The summed E-state index contributed by atoms with van der Waals surface area (Å²) in [5.74, 6) is -0.614. The number of fused-ring (bicyclic) bond motifs is 2. The number of ketones is 2. The lowest BCUT2D eigenvalue weighted by Crippen LogP contribution is -2.20. The van der Waals surface area contributed by atoms with Gasteiger partial charge in [-0.1, -0.05) is 0 Å². The highest BCUT2D eigenvalue weighted by atomic mass is 16.2. The molecule has 0 aliphatic heterocycles. The number of nitrogens with one attached hydrogen (secondary N) is 2. The van der Waals surface area contributed by atoms with Crippen molar-refractivity contribution in [2.45, 2.75) is 27.7 Å². The van der Waals surface area contributed by atoms with Crippen LogP contribution in [0.25, 0.3) is 21.8 Å². The first-order chi connectivity index (χ1) is 11.2. The van der Waals surface area contributed by atoms with Crippen LogP contribution in [0, 0.1) is 13.8 Å². The molecule has 0 fully saturated rings. The van der Waals surface area contributed by atoms with Crippen molar-refractivity contribution in [3.8, 4) is 0 Å². The molecular weight excluding hydrogens is 308 g/mol. The second-order valence-corrected chi connectivity index (χ2v) is 5.96. The molecule has 3 aromatic rings. The van der Waals surface area contributed by atoms with Gasteiger partial charge in [0.25, 0.3) is 11.1 Å². The van der Waals surface area contributed by atoms with Gasteiger partial charge in [0, 0.05) is 10.8 Å². The normalized spacial score (nSPS) is 11.2. The van der Waals surface area contributed by atoms with Crippen molar-refractivity contribution in [2.75, 3.05) is 0 Å². The lowest BCUT2D eigenvalue weighted by molar-refractivity contribution is 0.100. The van der Waals surface area contributed by atoms with Crippen molar-refractivity contribution < 1.29 is 9.59 Å². The third-order valence-electron chi connectivity index (χ3n) is 4.37. The molecule has 2 heterocycles. The number of H-pyrrole nitrogens is 2. The minimum absolute atomic E-state index is 0.121. The van der Waals surface area contributed by atoms with Crippen molar-refractivity contribution in [3.63, 3.8) is 0 Å². The highest BCUT2D eigenvalue weighted by Gasteiger charge is 2.17. The Morgan fingerprint density at radius 1 is 0.750 bits per heavy atom. The number of rotatable bonds is 2. The van der Waals surface area contributed by atoms with E-state index in [1.54, 1.807) is 26.0 Å². The van der Waals surface area contributed by atoms with Gasteiger partial charge in [-0.3, -0.25) is 19.2 Å². The Hall–Kier alpha value is -3.02. The highest BCUT2D eigenvalue weighted by Crippen LogP contribution is 2.26. The molecule has 122 valence electrons. The molecule has 3 rings (SSSR count). The third-order valence-corrected chi connectivity index (χ3v) is 4.37. The summed E-state index contributed by atoms with van der Waals surface area (Å²) in [6.45, 7) is 6.13. The zero-order valence-electron chi connectivity index (χ0n) is 13.8.